The number of hydrogen-bond acceptors (Lipinski definition) is 6. The summed E-state index contributed by atoms with van der Waals surface area (Å²) in [5.74, 6) is 0.143. The Morgan fingerprint density at radius 2 is 1.84 bits per heavy atom. The molecule has 0 radical (unpaired) electrons. The monoisotopic (exact) mass is 344 g/mol. The van der Waals surface area contributed by atoms with Gasteiger partial charge in [-0.2, -0.15) is 0 Å². The van der Waals surface area contributed by atoms with Crippen molar-refractivity contribution in [2.45, 2.75) is 25.6 Å². The first-order chi connectivity index (χ1) is 11.9. The molecule has 6 nitrogen and oxygen atoms in total. The number of para-hydroxylation sites is 1. The molecule has 132 valence electrons. The van der Waals surface area contributed by atoms with Crippen LogP contribution in [0, 0.1) is 5.92 Å². The number of ether oxygens (including phenoxy) is 4. The van der Waals surface area contributed by atoms with Gasteiger partial charge in [0, 0.05) is 36.0 Å². The molecule has 0 amide bonds. The van der Waals surface area contributed by atoms with E-state index in [-0.39, 0.29) is 24.4 Å². The number of aliphatic hydroxyl groups is 1. The maximum absolute atomic E-state index is 10.8. The van der Waals surface area contributed by atoms with Gasteiger partial charge >= 0.3 is 0 Å². The first kappa shape index (κ1) is 15.9. The van der Waals surface area contributed by atoms with Crippen molar-refractivity contribution in [1.29, 1.82) is 0 Å². The molecule has 2 aromatic carbocycles. The van der Waals surface area contributed by atoms with Gasteiger partial charge < -0.3 is 29.2 Å². The minimum atomic E-state index is -1.40. The van der Waals surface area contributed by atoms with Crippen molar-refractivity contribution in [3.63, 3.8) is 0 Å². The maximum atomic E-state index is 10.8. The number of phenolic OH excluding ortho intramolecular Hbond substituents is 1. The Morgan fingerprint density at radius 3 is 2.56 bits per heavy atom. The molecule has 6 heteroatoms. The number of methoxy groups -OCH3 is 1. The predicted molar refractivity (Wildman–Crippen MR) is 89.5 cm³/mol. The van der Waals surface area contributed by atoms with Crippen molar-refractivity contribution in [2.75, 3.05) is 13.9 Å². The Hall–Kier alpha value is -2.60. The topological polar surface area (TPSA) is 77.4 Å². The van der Waals surface area contributed by atoms with Crippen molar-refractivity contribution < 1.29 is 29.2 Å². The molecular weight excluding hydrogens is 324 g/mol. The van der Waals surface area contributed by atoms with Gasteiger partial charge in [0.15, 0.2) is 23.0 Å². The maximum Gasteiger partial charge on any atom is 0.231 e. The van der Waals surface area contributed by atoms with Gasteiger partial charge in [-0.15, -0.1) is 0 Å². The number of phenols is 1. The quantitative estimate of drug-likeness (QED) is 0.872. The van der Waals surface area contributed by atoms with Crippen LogP contribution in [0.15, 0.2) is 30.3 Å². The lowest BCUT2D eigenvalue weighted by molar-refractivity contribution is -0.171. The Kier molecular flexibility index (Phi) is 3.47. The van der Waals surface area contributed by atoms with E-state index in [0.29, 0.717) is 28.6 Å². The molecule has 3 atom stereocenters. The summed E-state index contributed by atoms with van der Waals surface area (Å²) >= 11 is 0. The van der Waals surface area contributed by atoms with Gasteiger partial charge in [-0.25, -0.2) is 0 Å². The average Bonchev–Trinajstić information content (AvgIpc) is 3.02. The van der Waals surface area contributed by atoms with Gasteiger partial charge in [0.25, 0.3) is 0 Å². The fourth-order valence-electron chi connectivity index (χ4n) is 3.56. The van der Waals surface area contributed by atoms with Crippen LogP contribution < -0.4 is 18.9 Å². The molecule has 0 saturated heterocycles. The Bertz CT molecular complexity index is 829. The van der Waals surface area contributed by atoms with E-state index in [1.165, 1.54) is 7.11 Å². The number of hydrogen-bond donors (Lipinski definition) is 2. The summed E-state index contributed by atoms with van der Waals surface area (Å²) in [6.07, 6.45) is 0. The highest BCUT2D eigenvalue weighted by atomic mass is 16.7. The highest BCUT2D eigenvalue weighted by Crippen LogP contribution is 2.53. The van der Waals surface area contributed by atoms with E-state index in [1.54, 1.807) is 19.1 Å². The van der Waals surface area contributed by atoms with E-state index in [1.807, 2.05) is 25.1 Å². The molecule has 4 rings (SSSR count). The zero-order chi connectivity index (χ0) is 17.8. The van der Waals surface area contributed by atoms with Crippen LogP contribution in [0.3, 0.4) is 0 Å². The van der Waals surface area contributed by atoms with E-state index in [9.17, 15) is 10.2 Å². The van der Waals surface area contributed by atoms with Crippen LogP contribution in [-0.2, 0) is 0 Å². The second-order valence-corrected chi connectivity index (χ2v) is 6.56. The van der Waals surface area contributed by atoms with Gasteiger partial charge in [0.2, 0.25) is 12.6 Å². The van der Waals surface area contributed by atoms with Crippen LogP contribution in [0.5, 0.6) is 28.7 Å². The molecule has 2 aliphatic heterocycles. The summed E-state index contributed by atoms with van der Waals surface area (Å²) in [4.78, 5) is 0. The highest BCUT2D eigenvalue weighted by molar-refractivity contribution is 5.59. The standard InChI is InChI=1S/C19H20O6/c1-10-17(11-5-4-6-13(22-3)18(11)20)12-7-15-16(24-9-23-15)8-14(12)25-19(10,2)21/h4-8,10,17,20-21H,9H2,1-3H3/t10-,17+,19-/m1/s1. The summed E-state index contributed by atoms with van der Waals surface area (Å²) in [6, 6.07) is 8.92. The van der Waals surface area contributed by atoms with E-state index in [2.05, 4.69) is 0 Å². The van der Waals surface area contributed by atoms with Gasteiger partial charge in [-0.1, -0.05) is 19.1 Å². The van der Waals surface area contributed by atoms with E-state index in [0.717, 1.165) is 5.56 Å². The normalized spacial score (nSPS) is 26.7. The minimum absolute atomic E-state index is 0.0585. The summed E-state index contributed by atoms with van der Waals surface area (Å²) in [5, 5.41) is 21.4. The summed E-state index contributed by atoms with van der Waals surface area (Å²) < 4.78 is 21.9. The minimum Gasteiger partial charge on any atom is -0.504 e. The summed E-state index contributed by atoms with van der Waals surface area (Å²) in [5.41, 5.74) is 1.49. The summed E-state index contributed by atoms with van der Waals surface area (Å²) in [7, 11) is 1.51. The van der Waals surface area contributed by atoms with Gasteiger partial charge in [0.05, 0.1) is 7.11 Å². The number of rotatable bonds is 2. The number of benzene rings is 2. The first-order valence-corrected chi connectivity index (χ1v) is 8.13. The van der Waals surface area contributed by atoms with Crippen molar-refractivity contribution in [1.82, 2.24) is 0 Å². The zero-order valence-corrected chi connectivity index (χ0v) is 14.3. The molecular formula is C19H20O6. The van der Waals surface area contributed by atoms with Crippen LogP contribution in [0.25, 0.3) is 0 Å². The molecule has 0 fully saturated rings. The molecule has 25 heavy (non-hydrogen) atoms. The van der Waals surface area contributed by atoms with Gasteiger partial charge in [0.1, 0.15) is 5.75 Å². The zero-order valence-electron chi connectivity index (χ0n) is 14.3. The van der Waals surface area contributed by atoms with Crippen LogP contribution in [0.4, 0.5) is 0 Å². The molecule has 0 bridgehead atoms. The third kappa shape index (κ3) is 2.36. The molecule has 2 aromatic rings. The lowest BCUT2D eigenvalue weighted by Crippen LogP contribution is -2.45. The predicted octanol–water partition coefficient (Wildman–Crippen LogP) is 3.00. The lowest BCUT2D eigenvalue weighted by Gasteiger charge is -2.42. The van der Waals surface area contributed by atoms with Crippen LogP contribution in [0.1, 0.15) is 30.9 Å². The largest absolute Gasteiger partial charge is 0.504 e. The number of fused-ring (bicyclic) bond motifs is 2. The van der Waals surface area contributed by atoms with Crippen molar-refractivity contribution >= 4 is 0 Å². The van der Waals surface area contributed by atoms with Crippen molar-refractivity contribution in [3.8, 4) is 28.7 Å². The fourth-order valence-corrected chi connectivity index (χ4v) is 3.56. The Morgan fingerprint density at radius 1 is 1.12 bits per heavy atom. The average molecular weight is 344 g/mol. The van der Waals surface area contributed by atoms with Crippen LogP contribution in [0.2, 0.25) is 0 Å². The van der Waals surface area contributed by atoms with Crippen LogP contribution >= 0.6 is 0 Å². The second kappa shape index (κ2) is 5.46. The molecule has 2 heterocycles. The molecule has 0 aromatic heterocycles. The van der Waals surface area contributed by atoms with Gasteiger partial charge in [-0.05, 0) is 12.1 Å². The first-order valence-electron chi connectivity index (χ1n) is 8.13. The third-order valence-electron chi connectivity index (χ3n) is 5.09. The van der Waals surface area contributed by atoms with Crippen LogP contribution in [-0.4, -0.2) is 29.9 Å². The second-order valence-electron chi connectivity index (χ2n) is 6.56. The SMILES string of the molecule is COc1cccc([C@H]2c3cc4c(cc3O[C@@](C)(O)[C@@H]2C)OCO4)c1O. The molecule has 0 spiro atoms. The Labute approximate surface area is 145 Å². The van der Waals surface area contributed by atoms with E-state index in [4.69, 9.17) is 18.9 Å². The van der Waals surface area contributed by atoms with Crippen molar-refractivity contribution in [2.24, 2.45) is 5.92 Å². The van der Waals surface area contributed by atoms with E-state index < -0.39 is 5.79 Å². The molecule has 2 N–H and O–H groups in total. The lowest BCUT2D eigenvalue weighted by atomic mass is 9.75. The Balaban J connectivity index is 1.93. The highest BCUT2D eigenvalue weighted by Gasteiger charge is 2.45. The van der Waals surface area contributed by atoms with E-state index >= 15 is 0 Å². The van der Waals surface area contributed by atoms with Crippen molar-refractivity contribution in [3.05, 3.63) is 41.5 Å². The molecule has 0 aliphatic carbocycles. The summed E-state index contributed by atoms with van der Waals surface area (Å²) in [6.45, 7) is 3.66. The fraction of sp³-hybridized carbons (Fsp3) is 0.368. The molecule has 0 saturated carbocycles. The smallest absolute Gasteiger partial charge is 0.231 e. The number of aromatic hydroxyl groups is 1. The molecule has 2 aliphatic rings. The van der Waals surface area contributed by atoms with Gasteiger partial charge in [-0.3, -0.25) is 0 Å². The molecule has 0 unspecified atom stereocenters. The third-order valence-corrected chi connectivity index (χ3v) is 5.09.